The van der Waals surface area contributed by atoms with E-state index in [1.807, 2.05) is 6.07 Å². The normalized spacial score (nSPS) is 22.6. The Kier molecular flexibility index (Phi) is 4.51. The summed E-state index contributed by atoms with van der Waals surface area (Å²) in [7, 11) is 0. The third kappa shape index (κ3) is 3.25. The number of carboxylic acids is 1. The second-order valence-corrected chi connectivity index (χ2v) is 6.62. The molecule has 0 bridgehead atoms. The summed E-state index contributed by atoms with van der Waals surface area (Å²) in [5, 5.41) is 12.2. The van der Waals surface area contributed by atoms with Gasteiger partial charge >= 0.3 is 5.97 Å². The second-order valence-electron chi connectivity index (χ2n) is 6.62. The summed E-state index contributed by atoms with van der Waals surface area (Å²) >= 11 is 0. The van der Waals surface area contributed by atoms with Crippen LogP contribution in [0.15, 0.2) is 24.5 Å². The van der Waals surface area contributed by atoms with E-state index >= 15 is 0 Å². The predicted molar refractivity (Wildman–Crippen MR) is 84.7 cm³/mol. The summed E-state index contributed by atoms with van der Waals surface area (Å²) in [5.41, 5.74) is -0.249. The fraction of sp³-hybridized carbons (Fsp3) is 0.529. The predicted octanol–water partition coefficient (Wildman–Crippen LogP) is 0.944. The smallest absolute Gasteiger partial charge is 0.329 e. The van der Waals surface area contributed by atoms with E-state index in [0.29, 0.717) is 25.9 Å². The lowest BCUT2D eigenvalue weighted by atomic mass is 9.96. The van der Waals surface area contributed by atoms with Gasteiger partial charge in [-0.15, -0.1) is 0 Å². The minimum atomic E-state index is -1.16. The molecule has 7 nitrogen and oxygen atoms in total. The number of carbonyl (C=O) groups is 3. The summed E-state index contributed by atoms with van der Waals surface area (Å²) in [6.45, 7) is 0.732. The molecule has 1 atom stereocenters. The quantitative estimate of drug-likeness (QED) is 0.836. The molecule has 2 fully saturated rings. The van der Waals surface area contributed by atoms with Crippen LogP contribution in [0.1, 0.15) is 37.7 Å². The number of amides is 2. The van der Waals surface area contributed by atoms with Gasteiger partial charge < -0.3 is 15.3 Å². The highest BCUT2D eigenvalue weighted by Crippen LogP contribution is 2.31. The van der Waals surface area contributed by atoms with Crippen LogP contribution in [0.5, 0.6) is 0 Å². The van der Waals surface area contributed by atoms with E-state index in [-0.39, 0.29) is 18.2 Å². The molecule has 0 aromatic carbocycles. The first kappa shape index (κ1) is 16.4. The highest BCUT2D eigenvalue weighted by Gasteiger charge is 2.45. The molecule has 1 aromatic heterocycles. The summed E-state index contributed by atoms with van der Waals surface area (Å²) < 4.78 is 0. The van der Waals surface area contributed by atoms with Gasteiger partial charge in [0.15, 0.2) is 0 Å². The minimum absolute atomic E-state index is 0.0881. The number of pyridine rings is 1. The number of carbonyl (C=O) groups excluding carboxylic acids is 2. The molecule has 2 amide bonds. The number of aliphatic carboxylic acids is 1. The largest absolute Gasteiger partial charge is 0.480 e. The van der Waals surface area contributed by atoms with Gasteiger partial charge in [-0.2, -0.15) is 0 Å². The lowest BCUT2D eigenvalue weighted by Crippen LogP contribution is -2.54. The Morgan fingerprint density at radius 2 is 2.12 bits per heavy atom. The number of likely N-dealkylation sites (tertiary alicyclic amines) is 1. The van der Waals surface area contributed by atoms with E-state index in [9.17, 15) is 19.5 Å². The molecule has 1 aromatic rings. The van der Waals surface area contributed by atoms with Crippen molar-refractivity contribution < 1.29 is 19.5 Å². The van der Waals surface area contributed by atoms with Crippen molar-refractivity contribution in [2.24, 2.45) is 5.92 Å². The zero-order valence-corrected chi connectivity index (χ0v) is 13.4. The van der Waals surface area contributed by atoms with Gasteiger partial charge in [-0.3, -0.25) is 14.6 Å². The van der Waals surface area contributed by atoms with E-state index < -0.39 is 17.4 Å². The van der Waals surface area contributed by atoms with Crippen molar-refractivity contribution in [1.29, 1.82) is 0 Å². The molecule has 128 valence electrons. The molecule has 1 aliphatic carbocycles. The molecule has 1 saturated heterocycles. The summed E-state index contributed by atoms with van der Waals surface area (Å²) in [4.78, 5) is 41.8. The van der Waals surface area contributed by atoms with E-state index in [4.69, 9.17) is 0 Å². The third-order valence-corrected chi connectivity index (χ3v) is 4.91. The molecule has 2 N–H and O–H groups in total. The lowest BCUT2D eigenvalue weighted by molar-refractivity contribution is -0.148. The molecule has 1 saturated carbocycles. The lowest BCUT2D eigenvalue weighted by Gasteiger charge is -2.27. The van der Waals surface area contributed by atoms with Crippen LogP contribution in [0, 0.1) is 5.92 Å². The average Bonchev–Trinajstić information content (AvgIpc) is 3.17. The Morgan fingerprint density at radius 3 is 2.75 bits per heavy atom. The summed E-state index contributed by atoms with van der Waals surface area (Å²) in [6, 6.07) is 3.68. The molecule has 1 aliphatic heterocycles. The Morgan fingerprint density at radius 1 is 1.38 bits per heavy atom. The first-order valence-corrected chi connectivity index (χ1v) is 8.22. The van der Waals surface area contributed by atoms with Crippen LogP contribution in [0.2, 0.25) is 0 Å². The van der Waals surface area contributed by atoms with E-state index in [2.05, 4.69) is 10.3 Å². The van der Waals surface area contributed by atoms with Crippen LogP contribution >= 0.6 is 0 Å². The van der Waals surface area contributed by atoms with Gasteiger partial charge in [-0.25, -0.2) is 4.79 Å². The number of aromatic nitrogens is 1. The Labute approximate surface area is 140 Å². The molecule has 7 heteroatoms. The van der Waals surface area contributed by atoms with E-state index in [0.717, 1.165) is 18.4 Å². The van der Waals surface area contributed by atoms with Crippen molar-refractivity contribution in [1.82, 2.24) is 15.2 Å². The maximum absolute atomic E-state index is 12.5. The van der Waals surface area contributed by atoms with E-state index in [1.54, 1.807) is 23.4 Å². The molecular formula is C17H21N3O4. The van der Waals surface area contributed by atoms with Gasteiger partial charge in [0.2, 0.25) is 11.8 Å². The van der Waals surface area contributed by atoms with Gasteiger partial charge in [0.05, 0.1) is 5.92 Å². The van der Waals surface area contributed by atoms with Gasteiger partial charge in [-0.05, 0) is 24.5 Å². The zero-order valence-electron chi connectivity index (χ0n) is 13.4. The number of hydrogen-bond acceptors (Lipinski definition) is 4. The van der Waals surface area contributed by atoms with Gasteiger partial charge in [0.25, 0.3) is 0 Å². The van der Waals surface area contributed by atoms with Crippen LogP contribution in [-0.4, -0.2) is 44.9 Å². The Hall–Kier alpha value is -2.44. The monoisotopic (exact) mass is 331 g/mol. The zero-order chi connectivity index (χ0) is 17.2. The topological polar surface area (TPSA) is 99.6 Å². The van der Waals surface area contributed by atoms with Crippen LogP contribution < -0.4 is 5.32 Å². The van der Waals surface area contributed by atoms with Crippen molar-refractivity contribution in [3.05, 3.63) is 30.1 Å². The number of nitrogens with zero attached hydrogens (tertiary/aromatic N) is 2. The maximum Gasteiger partial charge on any atom is 0.329 e. The van der Waals surface area contributed by atoms with Crippen LogP contribution in [0.25, 0.3) is 0 Å². The van der Waals surface area contributed by atoms with Crippen LogP contribution in [0.4, 0.5) is 0 Å². The van der Waals surface area contributed by atoms with Crippen molar-refractivity contribution >= 4 is 17.8 Å². The van der Waals surface area contributed by atoms with Gasteiger partial charge in [-0.1, -0.05) is 18.9 Å². The minimum Gasteiger partial charge on any atom is -0.480 e. The van der Waals surface area contributed by atoms with Crippen molar-refractivity contribution in [2.75, 3.05) is 6.54 Å². The molecule has 3 rings (SSSR count). The highest BCUT2D eigenvalue weighted by molar-refractivity contribution is 5.92. The Bertz CT molecular complexity index is 640. The highest BCUT2D eigenvalue weighted by atomic mass is 16.4. The molecular weight excluding hydrogens is 310 g/mol. The SMILES string of the molecule is O=C(NC1(C(=O)O)CCCC1)C1CC(=O)N(Cc2cccnc2)C1. The molecule has 24 heavy (non-hydrogen) atoms. The van der Waals surface area contributed by atoms with Crippen molar-refractivity contribution in [3.8, 4) is 0 Å². The number of carboxylic acid groups (broad SMARTS) is 1. The molecule has 1 unspecified atom stereocenters. The van der Waals surface area contributed by atoms with Crippen LogP contribution in [0.3, 0.4) is 0 Å². The Balaban J connectivity index is 1.62. The summed E-state index contributed by atoms with van der Waals surface area (Å²) in [6.07, 6.45) is 5.98. The first-order valence-electron chi connectivity index (χ1n) is 8.22. The average molecular weight is 331 g/mol. The fourth-order valence-electron chi connectivity index (χ4n) is 3.52. The molecule has 2 aliphatic rings. The maximum atomic E-state index is 12.5. The van der Waals surface area contributed by atoms with Gasteiger partial charge in [0.1, 0.15) is 5.54 Å². The fourth-order valence-corrected chi connectivity index (χ4v) is 3.52. The van der Waals surface area contributed by atoms with Crippen molar-refractivity contribution in [2.45, 2.75) is 44.2 Å². The van der Waals surface area contributed by atoms with Crippen molar-refractivity contribution in [3.63, 3.8) is 0 Å². The first-order chi connectivity index (χ1) is 11.5. The van der Waals surface area contributed by atoms with Gasteiger partial charge in [0, 0.05) is 31.9 Å². The number of rotatable bonds is 5. The standard InChI is InChI=1S/C17H21N3O4/c21-14-8-13(11-20(14)10-12-4-3-7-18-9-12)15(22)19-17(16(23)24)5-1-2-6-17/h3-4,7,9,13H,1-2,5-6,8,10-11H2,(H,19,22)(H,23,24). The second kappa shape index (κ2) is 6.59. The number of nitrogens with one attached hydrogen (secondary N) is 1. The van der Waals surface area contributed by atoms with E-state index in [1.165, 1.54) is 0 Å². The number of hydrogen-bond donors (Lipinski definition) is 2. The summed E-state index contributed by atoms with van der Waals surface area (Å²) in [5.74, 6) is -1.90. The molecule has 2 heterocycles. The third-order valence-electron chi connectivity index (χ3n) is 4.91. The molecule has 0 radical (unpaired) electrons. The van der Waals surface area contributed by atoms with Crippen LogP contribution in [-0.2, 0) is 20.9 Å². The molecule has 0 spiro atoms.